The standard InChI is InChI=1S/C10H13NO3S.ClH/c1-2-15(12,13)8-3-4-10-9(7-8)11-5-6-14-10;/h3-4,7,11H,2,5-6H2,1H3;1H. The zero-order chi connectivity index (χ0) is 10.9. The summed E-state index contributed by atoms with van der Waals surface area (Å²) in [6, 6.07) is 4.92. The molecule has 0 aliphatic carbocycles. The maximum Gasteiger partial charge on any atom is 0.178 e. The Bertz CT molecular complexity index is 473. The molecule has 1 heterocycles. The van der Waals surface area contributed by atoms with Crippen molar-refractivity contribution in [1.82, 2.24) is 0 Å². The number of hydrogen-bond donors (Lipinski definition) is 1. The van der Waals surface area contributed by atoms with E-state index in [1.807, 2.05) is 0 Å². The van der Waals surface area contributed by atoms with Gasteiger partial charge in [-0.3, -0.25) is 0 Å². The van der Waals surface area contributed by atoms with Crippen LogP contribution in [0.1, 0.15) is 6.92 Å². The minimum absolute atomic E-state index is 0. The molecule has 2 rings (SSSR count). The van der Waals surface area contributed by atoms with Gasteiger partial charge in [0, 0.05) is 6.54 Å². The number of nitrogens with one attached hydrogen (secondary N) is 1. The van der Waals surface area contributed by atoms with Crippen molar-refractivity contribution in [3.8, 4) is 5.75 Å². The van der Waals surface area contributed by atoms with E-state index in [2.05, 4.69) is 5.32 Å². The SMILES string of the molecule is CCS(=O)(=O)c1ccc2c(c1)NCCO2.Cl. The van der Waals surface area contributed by atoms with E-state index in [4.69, 9.17) is 4.74 Å². The Morgan fingerprint density at radius 2 is 2.19 bits per heavy atom. The first-order valence-corrected chi connectivity index (χ1v) is 6.52. The number of rotatable bonds is 2. The summed E-state index contributed by atoms with van der Waals surface area (Å²) in [5.74, 6) is 0.837. The molecule has 6 heteroatoms. The van der Waals surface area contributed by atoms with E-state index < -0.39 is 9.84 Å². The Morgan fingerprint density at radius 3 is 2.88 bits per heavy atom. The summed E-state index contributed by atoms with van der Waals surface area (Å²) in [7, 11) is -3.13. The fourth-order valence-electron chi connectivity index (χ4n) is 1.48. The Labute approximate surface area is 101 Å². The summed E-state index contributed by atoms with van der Waals surface area (Å²) in [4.78, 5) is 0.349. The smallest absolute Gasteiger partial charge is 0.178 e. The number of halogens is 1. The second-order valence-electron chi connectivity index (χ2n) is 3.34. The van der Waals surface area contributed by atoms with Crippen LogP contribution in [-0.2, 0) is 9.84 Å². The lowest BCUT2D eigenvalue weighted by molar-refractivity contribution is 0.323. The normalized spacial score (nSPS) is 14.1. The molecule has 0 radical (unpaired) electrons. The molecule has 1 aliphatic heterocycles. The molecule has 0 bridgehead atoms. The molecule has 0 fully saturated rings. The highest BCUT2D eigenvalue weighted by Crippen LogP contribution is 2.29. The van der Waals surface area contributed by atoms with Crippen LogP contribution < -0.4 is 10.1 Å². The number of ether oxygens (including phenoxy) is 1. The van der Waals surface area contributed by atoms with Crippen LogP contribution in [0.5, 0.6) is 5.75 Å². The summed E-state index contributed by atoms with van der Waals surface area (Å²) in [5, 5.41) is 3.11. The topological polar surface area (TPSA) is 55.4 Å². The molecule has 1 aromatic rings. The highest BCUT2D eigenvalue weighted by molar-refractivity contribution is 7.91. The van der Waals surface area contributed by atoms with E-state index >= 15 is 0 Å². The fraction of sp³-hybridized carbons (Fsp3) is 0.400. The molecule has 0 saturated heterocycles. The van der Waals surface area contributed by atoms with Gasteiger partial charge in [0.1, 0.15) is 12.4 Å². The van der Waals surface area contributed by atoms with Gasteiger partial charge in [-0.1, -0.05) is 6.92 Å². The van der Waals surface area contributed by atoms with E-state index in [1.54, 1.807) is 25.1 Å². The van der Waals surface area contributed by atoms with Crippen LogP contribution in [0.15, 0.2) is 23.1 Å². The van der Waals surface area contributed by atoms with E-state index in [-0.39, 0.29) is 18.2 Å². The van der Waals surface area contributed by atoms with Gasteiger partial charge in [-0.25, -0.2) is 8.42 Å². The second kappa shape index (κ2) is 4.93. The van der Waals surface area contributed by atoms with Crippen molar-refractivity contribution in [1.29, 1.82) is 0 Å². The third-order valence-electron chi connectivity index (χ3n) is 2.37. The molecule has 1 aromatic carbocycles. The Kier molecular flexibility index (Phi) is 4.04. The average Bonchev–Trinajstić information content (AvgIpc) is 2.28. The number of sulfone groups is 1. The second-order valence-corrected chi connectivity index (χ2v) is 5.61. The van der Waals surface area contributed by atoms with E-state index in [0.717, 1.165) is 11.4 Å². The Balaban J connectivity index is 0.00000128. The lowest BCUT2D eigenvalue weighted by Crippen LogP contribution is -2.18. The third-order valence-corrected chi connectivity index (χ3v) is 4.10. The summed E-state index contributed by atoms with van der Waals surface area (Å²) in [6.45, 7) is 2.97. The van der Waals surface area contributed by atoms with Crippen LogP contribution in [0.2, 0.25) is 0 Å². The van der Waals surface area contributed by atoms with E-state index in [9.17, 15) is 8.42 Å². The van der Waals surface area contributed by atoms with Crippen LogP contribution in [0.25, 0.3) is 0 Å². The van der Waals surface area contributed by atoms with Gasteiger partial charge in [0.05, 0.1) is 16.3 Å². The van der Waals surface area contributed by atoms with Gasteiger partial charge < -0.3 is 10.1 Å². The van der Waals surface area contributed by atoms with E-state index in [1.165, 1.54) is 0 Å². The third kappa shape index (κ3) is 2.41. The van der Waals surface area contributed by atoms with Gasteiger partial charge in [0.15, 0.2) is 9.84 Å². The molecule has 4 nitrogen and oxygen atoms in total. The van der Waals surface area contributed by atoms with Crippen molar-refractivity contribution < 1.29 is 13.2 Å². The summed E-state index contributed by atoms with van der Waals surface area (Å²) >= 11 is 0. The molecular weight excluding hydrogens is 250 g/mol. The first-order chi connectivity index (χ1) is 7.13. The molecule has 0 spiro atoms. The zero-order valence-corrected chi connectivity index (χ0v) is 10.5. The molecule has 16 heavy (non-hydrogen) atoms. The summed E-state index contributed by atoms with van der Waals surface area (Å²) in [5.41, 5.74) is 0.760. The van der Waals surface area contributed by atoms with Gasteiger partial charge in [-0.15, -0.1) is 12.4 Å². The molecule has 0 aromatic heterocycles. The predicted octanol–water partition coefficient (Wildman–Crippen LogP) is 1.71. The van der Waals surface area contributed by atoms with Gasteiger partial charge in [-0.05, 0) is 18.2 Å². The van der Waals surface area contributed by atoms with Gasteiger partial charge >= 0.3 is 0 Å². The van der Waals surface area contributed by atoms with Crippen LogP contribution >= 0.6 is 12.4 Å². The minimum Gasteiger partial charge on any atom is -0.490 e. The first-order valence-electron chi connectivity index (χ1n) is 4.87. The van der Waals surface area contributed by atoms with Crippen molar-refractivity contribution in [2.45, 2.75) is 11.8 Å². The molecule has 0 amide bonds. The highest BCUT2D eigenvalue weighted by atomic mass is 35.5. The molecule has 90 valence electrons. The van der Waals surface area contributed by atoms with Crippen molar-refractivity contribution in [2.24, 2.45) is 0 Å². The number of anilines is 1. The summed E-state index contributed by atoms with van der Waals surface area (Å²) in [6.07, 6.45) is 0. The number of fused-ring (bicyclic) bond motifs is 1. The quantitative estimate of drug-likeness (QED) is 0.883. The minimum atomic E-state index is -3.13. The molecule has 1 N–H and O–H groups in total. The maximum atomic E-state index is 11.6. The maximum absolute atomic E-state index is 11.6. The monoisotopic (exact) mass is 263 g/mol. The van der Waals surface area contributed by atoms with Crippen LogP contribution in [0.3, 0.4) is 0 Å². The summed E-state index contributed by atoms with van der Waals surface area (Å²) < 4.78 is 28.6. The van der Waals surface area contributed by atoms with Gasteiger partial charge in [0.2, 0.25) is 0 Å². The molecule has 0 unspecified atom stereocenters. The van der Waals surface area contributed by atoms with Crippen LogP contribution in [-0.4, -0.2) is 27.3 Å². The van der Waals surface area contributed by atoms with Crippen molar-refractivity contribution in [3.05, 3.63) is 18.2 Å². The number of benzene rings is 1. The molecule has 0 saturated carbocycles. The van der Waals surface area contributed by atoms with Gasteiger partial charge in [0.25, 0.3) is 0 Å². The number of hydrogen-bond acceptors (Lipinski definition) is 4. The molecule has 1 aliphatic rings. The zero-order valence-electron chi connectivity index (χ0n) is 8.89. The van der Waals surface area contributed by atoms with Crippen molar-refractivity contribution >= 4 is 27.9 Å². The molecule has 0 atom stereocenters. The lowest BCUT2D eigenvalue weighted by Gasteiger charge is -2.19. The average molecular weight is 264 g/mol. The molecular formula is C10H14ClNO3S. The highest BCUT2D eigenvalue weighted by Gasteiger charge is 2.16. The van der Waals surface area contributed by atoms with Crippen LogP contribution in [0, 0.1) is 0 Å². The predicted molar refractivity (Wildman–Crippen MR) is 65.4 cm³/mol. The lowest BCUT2D eigenvalue weighted by atomic mass is 10.2. The first kappa shape index (κ1) is 13.1. The Morgan fingerprint density at radius 1 is 1.44 bits per heavy atom. The van der Waals surface area contributed by atoms with E-state index in [0.29, 0.717) is 18.0 Å². The van der Waals surface area contributed by atoms with Crippen molar-refractivity contribution in [3.63, 3.8) is 0 Å². The van der Waals surface area contributed by atoms with Crippen molar-refractivity contribution in [2.75, 3.05) is 24.2 Å². The fourth-order valence-corrected chi connectivity index (χ4v) is 2.39. The van der Waals surface area contributed by atoms with Gasteiger partial charge in [-0.2, -0.15) is 0 Å². The largest absolute Gasteiger partial charge is 0.490 e. The van der Waals surface area contributed by atoms with Crippen LogP contribution in [0.4, 0.5) is 5.69 Å². The Hall–Kier alpha value is -0.940.